The molecule has 4 nitrogen and oxygen atoms in total. The lowest BCUT2D eigenvalue weighted by molar-refractivity contribution is 0.112. The number of aldehydes is 1. The minimum atomic E-state index is 0.468. The first-order chi connectivity index (χ1) is 10.2. The van der Waals surface area contributed by atoms with Crippen molar-refractivity contribution in [3.05, 3.63) is 35.4 Å². The topological polar surface area (TPSA) is 60.9 Å². The lowest BCUT2D eigenvalue weighted by Crippen LogP contribution is -2.05. The second-order valence-corrected chi connectivity index (χ2v) is 5.25. The molecule has 21 heavy (non-hydrogen) atoms. The predicted octanol–water partition coefficient (Wildman–Crippen LogP) is 3.70. The van der Waals surface area contributed by atoms with Crippen LogP contribution >= 0.6 is 0 Å². The highest BCUT2D eigenvalue weighted by Gasteiger charge is 2.16. The molecule has 0 unspecified atom stereocenters. The van der Waals surface area contributed by atoms with Crippen molar-refractivity contribution in [1.82, 2.24) is 9.78 Å². The van der Waals surface area contributed by atoms with E-state index in [0.29, 0.717) is 17.1 Å². The van der Waals surface area contributed by atoms with Gasteiger partial charge >= 0.3 is 0 Å². The molecule has 0 spiro atoms. The maximum atomic E-state index is 11.4. The number of aromatic nitrogens is 2. The molecule has 4 heteroatoms. The number of hydrogen-bond donors (Lipinski definition) is 1. The Morgan fingerprint density at radius 1 is 1.19 bits per heavy atom. The molecule has 1 aromatic heterocycles. The van der Waals surface area contributed by atoms with Crippen molar-refractivity contribution >= 4 is 12.1 Å². The molecule has 112 valence electrons. The highest BCUT2D eigenvalue weighted by Crippen LogP contribution is 2.26. The molecule has 2 N–H and O–H groups in total. The second kappa shape index (κ2) is 7.07. The monoisotopic (exact) mass is 285 g/mol. The van der Waals surface area contributed by atoms with Crippen molar-refractivity contribution in [2.24, 2.45) is 0 Å². The molecule has 0 amide bonds. The number of nitrogens with zero attached hydrogens (tertiary/aromatic N) is 2. The van der Waals surface area contributed by atoms with E-state index < -0.39 is 0 Å². The summed E-state index contributed by atoms with van der Waals surface area (Å²) in [6.45, 7) is 5.03. The summed E-state index contributed by atoms with van der Waals surface area (Å²) in [6, 6.07) is 8.14. The molecule has 0 aliphatic rings. The first kappa shape index (κ1) is 15.3. The average molecular weight is 285 g/mol. The van der Waals surface area contributed by atoms with Crippen LogP contribution in [0.5, 0.6) is 0 Å². The predicted molar refractivity (Wildman–Crippen MR) is 86.4 cm³/mol. The van der Waals surface area contributed by atoms with Gasteiger partial charge in [0.1, 0.15) is 11.5 Å². The van der Waals surface area contributed by atoms with Gasteiger partial charge in [0.05, 0.1) is 5.56 Å². The molecule has 1 heterocycles. The van der Waals surface area contributed by atoms with Gasteiger partial charge in [-0.3, -0.25) is 4.79 Å². The third kappa shape index (κ3) is 3.32. The third-order valence-corrected chi connectivity index (χ3v) is 3.76. The average Bonchev–Trinajstić information content (AvgIpc) is 2.84. The summed E-state index contributed by atoms with van der Waals surface area (Å²) < 4.78 is 1.75. The highest BCUT2D eigenvalue weighted by molar-refractivity contribution is 5.91. The molecule has 0 fully saturated rings. The first-order valence-corrected chi connectivity index (χ1v) is 7.62. The van der Waals surface area contributed by atoms with Crippen LogP contribution in [-0.4, -0.2) is 16.1 Å². The van der Waals surface area contributed by atoms with E-state index in [-0.39, 0.29) is 0 Å². The molecule has 0 saturated heterocycles. The number of benzene rings is 1. The zero-order chi connectivity index (χ0) is 15.2. The molecule has 1 aromatic carbocycles. The third-order valence-electron chi connectivity index (χ3n) is 3.76. The number of hydrogen-bond acceptors (Lipinski definition) is 3. The second-order valence-electron chi connectivity index (χ2n) is 5.25. The van der Waals surface area contributed by atoms with E-state index in [1.807, 2.05) is 12.1 Å². The molecule has 0 aliphatic heterocycles. The van der Waals surface area contributed by atoms with Gasteiger partial charge in [0.2, 0.25) is 0 Å². The van der Waals surface area contributed by atoms with Crippen molar-refractivity contribution in [1.29, 1.82) is 0 Å². The molecule has 0 aliphatic carbocycles. The smallest absolute Gasteiger partial charge is 0.156 e. The maximum absolute atomic E-state index is 11.4. The van der Waals surface area contributed by atoms with E-state index in [1.54, 1.807) is 4.68 Å². The molecule has 0 radical (unpaired) electrons. The van der Waals surface area contributed by atoms with E-state index in [4.69, 9.17) is 5.73 Å². The minimum Gasteiger partial charge on any atom is -0.383 e. The van der Waals surface area contributed by atoms with E-state index in [0.717, 1.165) is 44.1 Å². The molecular weight excluding hydrogens is 262 g/mol. The van der Waals surface area contributed by atoms with Gasteiger partial charge in [-0.2, -0.15) is 5.10 Å². The summed E-state index contributed by atoms with van der Waals surface area (Å²) >= 11 is 0. The van der Waals surface area contributed by atoms with Crippen LogP contribution in [-0.2, 0) is 13.0 Å². The number of carbonyl (C=O) groups is 1. The fraction of sp³-hybridized carbons (Fsp3) is 0.412. The zero-order valence-corrected chi connectivity index (χ0v) is 12.8. The van der Waals surface area contributed by atoms with Crippen LogP contribution in [0, 0.1) is 0 Å². The van der Waals surface area contributed by atoms with Crippen LogP contribution in [0.25, 0.3) is 11.3 Å². The number of carbonyl (C=O) groups excluding carboxylic acids is 1. The number of unbranched alkanes of at least 4 members (excludes halogenated alkanes) is 2. The van der Waals surface area contributed by atoms with E-state index in [2.05, 4.69) is 31.1 Å². The summed E-state index contributed by atoms with van der Waals surface area (Å²) in [7, 11) is 0. The fourth-order valence-electron chi connectivity index (χ4n) is 2.40. The highest BCUT2D eigenvalue weighted by atomic mass is 16.1. The van der Waals surface area contributed by atoms with Crippen LogP contribution < -0.4 is 5.73 Å². The van der Waals surface area contributed by atoms with E-state index in [9.17, 15) is 4.79 Å². The number of rotatable bonds is 7. The van der Waals surface area contributed by atoms with Gasteiger partial charge in [-0.15, -0.1) is 0 Å². The lowest BCUT2D eigenvalue weighted by Gasteiger charge is -2.02. The van der Waals surface area contributed by atoms with Crippen LogP contribution in [0.4, 0.5) is 5.82 Å². The maximum Gasteiger partial charge on any atom is 0.156 e. The number of nitrogens with two attached hydrogens (primary N) is 1. The van der Waals surface area contributed by atoms with E-state index in [1.165, 1.54) is 5.56 Å². The molecule has 0 saturated carbocycles. The lowest BCUT2D eigenvalue weighted by atomic mass is 10.1. The Morgan fingerprint density at radius 2 is 1.90 bits per heavy atom. The minimum absolute atomic E-state index is 0.468. The van der Waals surface area contributed by atoms with Gasteiger partial charge in [-0.1, -0.05) is 51.0 Å². The van der Waals surface area contributed by atoms with E-state index >= 15 is 0 Å². The molecular formula is C17H23N3O. The largest absolute Gasteiger partial charge is 0.383 e. The van der Waals surface area contributed by atoms with Crippen molar-refractivity contribution < 1.29 is 4.79 Å². The Kier molecular flexibility index (Phi) is 5.14. The number of anilines is 1. The Bertz CT molecular complexity index is 599. The van der Waals surface area contributed by atoms with Crippen molar-refractivity contribution in [3.8, 4) is 11.3 Å². The molecule has 0 bridgehead atoms. The Balaban J connectivity index is 2.33. The first-order valence-electron chi connectivity index (χ1n) is 7.62. The molecule has 2 rings (SSSR count). The van der Waals surface area contributed by atoms with Gasteiger partial charge in [0.15, 0.2) is 6.29 Å². The zero-order valence-electron chi connectivity index (χ0n) is 12.8. The van der Waals surface area contributed by atoms with Crippen molar-refractivity contribution in [3.63, 3.8) is 0 Å². The summed E-state index contributed by atoms with van der Waals surface area (Å²) in [4.78, 5) is 11.4. The van der Waals surface area contributed by atoms with Crippen LogP contribution in [0.2, 0.25) is 0 Å². The van der Waals surface area contributed by atoms with Crippen LogP contribution in [0.3, 0.4) is 0 Å². The van der Waals surface area contributed by atoms with Crippen molar-refractivity contribution in [2.75, 3.05) is 5.73 Å². The summed E-state index contributed by atoms with van der Waals surface area (Å²) in [5.41, 5.74) is 9.44. The number of nitrogen functional groups attached to an aromatic ring is 1. The Hall–Kier alpha value is -2.10. The summed E-state index contributed by atoms with van der Waals surface area (Å²) in [6.07, 6.45) is 5.11. The Morgan fingerprint density at radius 3 is 2.48 bits per heavy atom. The van der Waals surface area contributed by atoms with Gasteiger partial charge in [0.25, 0.3) is 0 Å². The van der Waals surface area contributed by atoms with Crippen LogP contribution in [0.1, 0.15) is 49.0 Å². The van der Waals surface area contributed by atoms with Gasteiger partial charge in [-0.05, 0) is 18.4 Å². The molecule has 2 aromatic rings. The van der Waals surface area contributed by atoms with Gasteiger partial charge in [-0.25, -0.2) is 4.68 Å². The SMILES string of the molecule is CCCCCn1nc(-c2ccc(CC)cc2)c(C=O)c1N. The summed E-state index contributed by atoms with van der Waals surface area (Å²) in [5, 5.41) is 4.54. The molecule has 0 atom stereocenters. The van der Waals surface area contributed by atoms with Crippen molar-refractivity contribution in [2.45, 2.75) is 46.1 Å². The van der Waals surface area contributed by atoms with Gasteiger partial charge in [0, 0.05) is 12.1 Å². The van der Waals surface area contributed by atoms with Crippen LogP contribution in [0.15, 0.2) is 24.3 Å². The fourth-order valence-corrected chi connectivity index (χ4v) is 2.40. The summed E-state index contributed by atoms with van der Waals surface area (Å²) in [5.74, 6) is 0.468. The Labute approximate surface area is 126 Å². The number of aryl methyl sites for hydroxylation is 2. The quantitative estimate of drug-likeness (QED) is 0.623. The standard InChI is InChI=1S/C17H23N3O/c1-3-5-6-11-20-17(18)15(12-21)16(19-20)14-9-7-13(4-2)8-10-14/h7-10,12H,3-6,11,18H2,1-2H3. The van der Waals surface area contributed by atoms with Gasteiger partial charge < -0.3 is 5.73 Å². The normalized spacial score (nSPS) is 10.8.